The van der Waals surface area contributed by atoms with Gasteiger partial charge in [0.05, 0.1) is 12.1 Å². The Bertz CT molecular complexity index is 983. The van der Waals surface area contributed by atoms with Gasteiger partial charge in [-0.25, -0.2) is 8.42 Å². The summed E-state index contributed by atoms with van der Waals surface area (Å²) < 4.78 is 27.0. The van der Waals surface area contributed by atoms with Gasteiger partial charge in [0.2, 0.25) is 0 Å². The molecule has 0 saturated carbocycles. The highest BCUT2D eigenvalue weighted by Crippen LogP contribution is 2.25. The SMILES string of the molecule is CON(C)S(=O)(=O)c1cc(C(=O)n2ccccc2=NC(C)C)ccc1Cl. The molecule has 0 atom stereocenters. The quantitative estimate of drug-likeness (QED) is 0.725. The molecule has 0 N–H and O–H groups in total. The van der Waals surface area contributed by atoms with Gasteiger partial charge in [-0.2, -0.15) is 0 Å². The van der Waals surface area contributed by atoms with Crippen LogP contribution in [0.2, 0.25) is 5.02 Å². The predicted octanol–water partition coefficient (Wildman–Crippen LogP) is 2.32. The fourth-order valence-corrected chi connectivity index (χ4v) is 3.66. The zero-order valence-electron chi connectivity index (χ0n) is 14.9. The minimum atomic E-state index is -3.99. The van der Waals surface area contributed by atoms with Crippen LogP contribution in [-0.4, -0.2) is 43.6 Å². The van der Waals surface area contributed by atoms with Gasteiger partial charge in [-0.15, -0.1) is 0 Å². The number of hydrogen-bond donors (Lipinski definition) is 0. The molecule has 0 fully saturated rings. The van der Waals surface area contributed by atoms with Crippen LogP contribution in [0.4, 0.5) is 0 Å². The first-order valence-electron chi connectivity index (χ1n) is 7.77. The topological polar surface area (TPSA) is 81.0 Å². The lowest BCUT2D eigenvalue weighted by Gasteiger charge is -2.16. The second-order valence-electron chi connectivity index (χ2n) is 5.70. The Morgan fingerprint density at radius 3 is 2.58 bits per heavy atom. The van der Waals surface area contributed by atoms with Crippen molar-refractivity contribution in [2.24, 2.45) is 4.99 Å². The number of halogens is 1. The first-order valence-corrected chi connectivity index (χ1v) is 9.59. The summed E-state index contributed by atoms with van der Waals surface area (Å²) in [5.41, 5.74) is 0.634. The Morgan fingerprint density at radius 2 is 1.96 bits per heavy atom. The maximum atomic E-state index is 12.9. The molecular weight excluding hydrogens is 378 g/mol. The lowest BCUT2D eigenvalue weighted by molar-refractivity contribution is -0.0258. The predicted molar refractivity (Wildman–Crippen MR) is 98.3 cm³/mol. The summed E-state index contributed by atoms with van der Waals surface area (Å²) in [6, 6.07) is 9.25. The van der Waals surface area contributed by atoms with Gasteiger partial charge in [0.25, 0.3) is 15.9 Å². The van der Waals surface area contributed by atoms with E-state index in [1.807, 2.05) is 13.8 Å². The third-order valence-corrected chi connectivity index (χ3v) is 5.66. The molecule has 0 unspecified atom stereocenters. The van der Waals surface area contributed by atoms with Crippen molar-refractivity contribution in [1.29, 1.82) is 0 Å². The second-order valence-corrected chi connectivity index (χ2v) is 8.01. The van der Waals surface area contributed by atoms with E-state index in [-0.39, 0.29) is 21.5 Å². The highest BCUT2D eigenvalue weighted by Gasteiger charge is 2.25. The van der Waals surface area contributed by atoms with Crippen LogP contribution in [0.25, 0.3) is 0 Å². The number of hydroxylamine groups is 1. The molecule has 7 nitrogen and oxygen atoms in total. The molecule has 140 valence electrons. The summed E-state index contributed by atoms with van der Waals surface area (Å²) >= 11 is 6.03. The van der Waals surface area contributed by atoms with E-state index >= 15 is 0 Å². The normalized spacial score (nSPS) is 12.8. The van der Waals surface area contributed by atoms with Crippen LogP contribution in [-0.2, 0) is 14.9 Å². The molecule has 1 aromatic carbocycles. The standard InChI is InChI=1S/C17H20ClN3O4S/c1-12(2)19-16-7-5-6-10-21(16)17(22)13-8-9-14(18)15(11-13)26(23,24)20(3)25-4/h5-12H,1-4H3. The van der Waals surface area contributed by atoms with E-state index in [0.717, 1.165) is 0 Å². The van der Waals surface area contributed by atoms with Crippen LogP contribution in [0.15, 0.2) is 52.5 Å². The first kappa shape index (κ1) is 20.3. The van der Waals surface area contributed by atoms with Crippen molar-refractivity contribution in [2.75, 3.05) is 14.2 Å². The van der Waals surface area contributed by atoms with Crippen molar-refractivity contribution in [1.82, 2.24) is 9.04 Å². The van der Waals surface area contributed by atoms with Gasteiger partial charge < -0.3 is 0 Å². The highest BCUT2D eigenvalue weighted by molar-refractivity contribution is 7.89. The van der Waals surface area contributed by atoms with Crippen molar-refractivity contribution in [2.45, 2.75) is 24.8 Å². The molecule has 26 heavy (non-hydrogen) atoms. The molecule has 0 amide bonds. The van der Waals surface area contributed by atoms with Crippen LogP contribution in [0.3, 0.4) is 0 Å². The highest BCUT2D eigenvalue weighted by atomic mass is 35.5. The zero-order valence-corrected chi connectivity index (χ0v) is 16.5. The van der Waals surface area contributed by atoms with E-state index in [1.54, 1.807) is 24.4 Å². The average molecular weight is 398 g/mol. The molecule has 0 bridgehead atoms. The van der Waals surface area contributed by atoms with E-state index in [9.17, 15) is 13.2 Å². The van der Waals surface area contributed by atoms with Gasteiger partial charge in [0, 0.05) is 24.8 Å². The molecule has 0 aliphatic rings. The Kier molecular flexibility index (Phi) is 6.35. The summed E-state index contributed by atoms with van der Waals surface area (Å²) in [6.07, 6.45) is 1.58. The number of hydrogen-bond acceptors (Lipinski definition) is 5. The molecule has 2 rings (SSSR count). The summed E-state index contributed by atoms with van der Waals surface area (Å²) in [5.74, 6) is -0.418. The smallest absolute Gasteiger partial charge is 0.266 e. The molecule has 1 heterocycles. The van der Waals surface area contributed by atoms with Crippen LogP contribution >= 0.6 is 11.6 Å². The fraction of sp³-hybridized carbons (Fsp3) is 0.294. The number of carbonyl (C=O) groups excluding carboxylic acids is 1. The van der Waals surface area contributed by atoms with Gasteiger partial charge in [0.1, 0.15) is 10.4 Å². The monoisotopic (exact) mass is 397 g/mol. The maximum Gasteiger partial charge on any atom is 0.266 e. The van der Waals surface area contributed by atoms with Crippen LogP contribution in [0.1, 0.15) is 24.2 Å². The largest absolute Gasteiger partial charge is 0.288 e. The molecule has 2 aromatic rings. The number of benzene rings is 1. The molecule has 0 aliphatic heterocycles. The number of carbonyl (C=O) groups is 1. The third kappa shape index (κ3) is 4.21. The van der Waals surface area contributed by atoms with Crippen molar-refractivity contribution in [3.8, 4) is 0 Å². The number of rotatable bonds is 5. The molecule has 0 spiro atoms. The van der Waals surface area contributed by atoms with Gasteiger partial charge in [-0.1, -0.05) is 22.1 Å². The molecule has 0 radical (unpaired) electrons. The van der Waals surface area contributed by atoms with Gasteiger partial charge in [-0.3, -0.25) is 19.2 Å². The van der Waals surface area contributed by atoms with Crippen LogP contribution in [0, 0.1) is 0 Å². The lowest BCUT2D eigenvalue weighted by Crippen LogP contribution is -2.29. The summed E-state index contributed by atoms with van der Waals surface area (Å²) in [7, 11) is -1.53. The van der Waals surface area contributed by atoms with Gasteiger partial charge in [0.15, 0.2) is 0 Å². The number of pyridine rings is 1. The van der Waals surface area contributed by atoms with Crippen LogP contribution in [0.5, 0.6) is 0 Å². The molecular formula is C17H20ClN3O4S. The van der Waals surface area contributed by atoms with Crippen LogP contribution < -0.4 is 5.49 Å². The second kappa shape index (κ2) is 8.13. The van der Waals surface area contributed by atoms with E-state index in [4.69, 9.17) is 16.4 Å². The van der Waals surface area contributed by atoms with E-state index in [0.29, 0.717) is 9.96 Å². The summed E-state index contributed by atoms with van der Waals surface area (Å²) in [6.45, 7) is 3.80. The Balaban J connectivity index is 2.59. The first-order chi connectivity index (χ1) is 12.2. The average Bonchev–Trinajstić information content (AvgIpc) is 2.60. The van der Waals surface area contributed by atoms with E-state index in [1.165, 1.54) is 36.9 Å². The van der Waals surface area contributed by atoms with Crippen molar-refractivity contribution < 1.29 is 18.0 Å². The summed E-state index contributed by atoms with van der Waals surface area (Å²) in [5, 5.41) is -0.00407. The Hall–Kier alpha value is -2.00. The van der Waals surface area contributed by atoms with E-state index in [2.05, 4.69) is 4.99 Å². The fourth-order valence-electron chi connectivity index (χ4n) is 2.19. The molecule has 0 saturated heterocycles. The summed E-state index contributed by atoms with van der Waals surface area (Å²) in [4.78, 5) is 21.8. The van der Waals surface area contributed by atoms with Gasteiger partial charge >= 0.3 is 0 Å². The Morgan fingerprint density at radius 1 is 1.27 bits per heavy atom. The Labute approximate surface area is 157 Å². The number of aromatic nitrogens is 1. The van der Waals surface area contributed by atoms with Gasteiger partial charge in [-0.05, 0) is 44.2 Å². The zero-order chi connectivity index (χ0) is 19.5. The van der Waals surface area contributed by atoms with Crippen molar-refractivity contribution in [3.63, 3.8) is 0 Å². The van der Waals surface area contributed by atoms with Crippen molar-refractivity contribution >= 4 is 27.5 Å². The number of sulfonamides is 1. The minimum Gasteiger partial charge on any atom is -0.288 e. The van der Waals surface area contributed by atoms with Crippen molar-refractivity contribution in [3.05, 3.63) is 58.7 Å². The molecule has 0 aliphatic carbocycles. The molecule has 9 heteroatoms. The van der Waals surface area contributed by atoms with E-state index < -0.39 is 15.9 Å². The molecule has 1 aromatic heterocycles. The maximum absolute atomic E-state index is 12.9. The lowest BCUT2D eigenvalue weighted by atomic mass is 10.2. The minimum absolute atomic E-state index is 0.00407. The number of nitrogens with zero attached hydrogens (tertiary/aromatic N) is 3. The third-order valence-electron chi connectivity index (χ3n) is 3.50.